The van der Waals surface area contributed by atoms with Crippen molar-refractivity contribution in [3.63, 3.8) is 0 Å². The quantitative estimate of drug-likeness (QED) is 0.0272. The van der Waals surface area contributed by atoms with Crippen LogP contribution in [-0.2, 0) is 18.4 Å². The van der Waals surface area contributed by atoms with Crippen LogP contribution in [0.15, 0.2) is 36.5 Å². The number of phosphoric ester groups is 1. The van der Waals surface area contributed by atoms with Gasteiger partial charge < -0.3 is 28.8 Å². The van der Waals surface area contributed by atoms with Crippen LogP contribution in [0.5, 0.6) is 0 Å². The van der Waals surface area contributed by atoms with Gasteiger partial charge in [-0.3, -0.25) is 9.36 Å². The predicted molar refractivity (Wildman–Crippen MR) is 275 cm³/mol. The van der Waals surface area contributed by atoms with Crippen molar-refractivity contribution in [1.82, 2.24) is 5.32 Å². The van der Waals surface area contributed by atoms with Crippen molar-refractivity contribution in [3.05, 3.63) is 36.5 Å². The Labute approximate surface area is 397 Å². The molecule has 0 rings (SSSR count). The standard InChI is InChI=1S/C55H107N2O6P/c1-6-8-10-12-14-16-18-19-20-21-22-23-24-25-26-27-28-29-30-31-32-33-34-35-36-37-38-39-41-43-45-47-49-55(59)56-53(52-63-64(60,61)62-51-50-57(3,4)5)54(58)48-46-44-42-40-17-15-13-11-9-7-2/h17,25-26,40,46,48,53-54,58H,6-16,18-24,27-39,41-45,47,49-52H2,1-5H3,(H-,56,59,60,61)/b26-25-,40-17+,48-46+. The van der Waals surface area contributed by atoms with Crippen LogP contribution >= 0.6 is 7.82 Å². The Kier molecular flexibility index (Phi) is 45.9. The van der Waals surface area contributed by atoms with Crippen LogP contribution in [-0.4, -0.2) is 68.5 Å². The van der Waals surface area contributed by atoms with Gasteiger partial charge in [0, 0.05) is 6.42 Å². The molecule has 64 heavy (non-hydrogen) atoms. The highest BCUT2D eigenvalue weighted by Gasteiger charge is 2.23. The fourth-order valence-electron chi connectivity index (χ4n) is 7.99. The number of unbranched alkanes of at least 4 members (excludes halogenated alkanes) is 33. The number of carbonyl (C=O) groups is 1. The van der Waals surface area contributed by atoms with Gasteiger partial charge in [0.25, 0.3) is 7.82 Å². The second-order valence-electron chi connectivity index (χ2n) is 19.9. The van der Waals surface area contributed by atoms with E-state index in [2.05, 4.69) is 43.5 Å². The van der Waals surface area contributed by atoms with Crippen molar-refractivity contribution in [2.75, 3.05) is 40.9 Å². The second kappa shape index (κ2) is 46.8. The van der Waals surface area contributed by atoms with Crippen molar-refractivity contribution >= 4 is 13.7 Å². The van der Waals surface area contributed by atoms with Crippen molar-refractivity contribution in [1.29, 1.82) is 0 Å². The van der Waals surface area contributed by atoms with Crippen LogP contribution in [0.3, 0.4) is 0 Å². The highest BCUT2D eigenvalue weighted by molar-refractivity contribution is 7.45. The van der Waals surface area contributed by atoms with E-state index >= 15 is 0 Å². The first-order valence-electron chi connectivity index (χ1n) is 27.4. The average Bonchev–Trinajstić information content (AvgIpc) is 3.25. The zero-order chi connectivity index (χ0) is 47.1. The summed E-state index contributed by atoms with van der Waals surface area (Å²) in [5.41, 5.74) is 0. The third-order valence-electron chi connectivity index (χ3n) is 12.3. The predicted octanol–water partition coefficient (Wildman–Crippen LogP) is 15.6. The van der Waals surface area contributed by atoms with Crippen molar-refractivity contribution < 1.29 is 32.9 Å². The minimum atomic E-state index is -4.59. The minimum Gasteiger partial charge on any atom is -0.756 e. The van der Waals surface area contributed by atoms with Gasteiger partial charge in [-0.1, -0.05) is 230 Å². The maximum absolute atomic E-state index is 12.9. The van der Waals surface area contributed by atoms with Crippen LogP contribution in [0.1, 0.15) is 258 Å². The molecule has 0 saturated carbocycles. The lowest BCUT2D eigenvalue weighted by molar-refractivity contribution is -0.870. The fraction of sp³-hybridized carbons (Fsp3) is 0.873. The van der Waals surface area contributed by atoms with E-state index in [0.29, 0.717) is 17.4 Å². The molecule has 0 radical (unpaired) electrons. The van der Waals surface area contributed by atoms with Gasteiger partial charge in [-0.2, -0.15) is 0 Å². The lowest BCUT2D eigenvalue weighted by atomic mass is 10.0. The number of nitrogens with zero attached hydrogens (tertiary/aromatic N) is 1. The number of rotatable bonds is 50. The first kappa shape index (κ1) is 62.7. The Hall–Kier alpha value is -1.28. The number of likely N-dealkylation sites (N-methyl/N-ethyl adjacent to an activating group) is 1. The summed E-state index contributed by atoms with van der Waals surface area (Å²) in [4.78, 5) is 25.3. The molecule has 0 saturated heterocycles. The van der Waals surface area contributed by atoms with Gasteiger partial charge in [0.2, 0.25) is 5.91 Å². The molecule has 0 spiro atoms. The molecular weight excluding hydrogens is 816 g/mol. The summed E-state index contributed by atoms with van der Waals surface area (Å²) >= 11 is 0. The van der Waals surface area contributed by atoms with Gasteiger partial charge in [0.15, 0.2) is 0 Å². The molecule has 0 bridgehead atoms. The number of phosphoric acid groups is 1. The molecule has 0 aliphatic carbocycles. The van der Waals surface area contributed by atoms with Crippen LogP contribution in [0, 0.1) is 0 Å². The number of aliphatic hydroxyl groups is 1. The number of carbonyl (C=O) groups excluding carboxylic acids is 1. The monoisotopic (exact) mass is 923 g/mol. The first-order chi connectivity index (χ1) is 31.0. The maximum atomic E-state index is 12.9. The zero-order valence-electron chi connectivity index (χ0n) is 43.0. The Morgan fingerprint density at radius 1 is 0.531 bits per heavy atom. The Bertz CT molecular complexity index is 1140. The van der Waals surface area contributed by atoms with Gasteiger partial charge in [-0.05, 0) is 57.8 Å². The number of allylic oxidation sites excluding steroid dienone is 5. The number of aliphatic hydroxyl groups excluding tert-OH is 1. The second-order valence-corrected chi connectivity index (χ2v) is 21.3. The molecule has 0 aromatic carbocycles. The van der Waals surface area contributed by atoms with E-state index < -0.39 is 26.6 Å². The summed E-state index contributed by atoms with van der Waals surface area (Å²) in [6.45, 7) is 4.60. The molecule has 2 N–H and O–H groups in total. The van der Waals surface area contributed by atoms with Gasteiger partial charge >= 0.3 is 0 Å². The summed E-state index contributed by atoms with van der Waals surface area (Å²) in [5, 5.41) is 13.7. The van der Waals surface area contributed by atoms with Gasteiger partial charge in [0.05, 0.1) is 39.9 Å². The summed E-state index contributed by atoms with van der Waals surface area (Å²) in [6.07, 6.45) is 59.6. The van der Waals surface area contributed by atoms with Crippen LogP contribution < -0.4 is 10.2 Å². The SMILES string of the molecule is CCCCCC/C=C/CC/C=C/C(O)C(COP(=O)([O-])OCC[N+](C)(C)C)NC(=O)CCCCCCCCCCCCCCCCCC/C=C\CCCCCCCCCCCCCC. The van der Waals surface area contributed by atoms with E-state index in [4.69, 9.17) is 9.05 Å². The number of amides is 1. The molecule has 378 valence electrons. The third kappa shape index (κ3) is 48.6. The molecule has 0 heterocycles. The lowest BCUT2D eigenvalue weighted by Crippen LogP contribution is -2.45. The van der Waals surface area contributed by atoms with Crippen molar-refractivity contribution in [2.24, 2.45) is 0 Å². The number of nitrogens with one attached hydrogen (secondary N) is 1. The van der Waals surface area contributed by atoms with Crippen LogP contribution in [0.2, 0.25) is 0 Å². The molecule has 0 fully saturated rings. The molecular formula is C55H107N2O6P. The summed E-state index contributed by atoms with van der Waals surface area (Å²) in [5.74, 6) is -0.207. The lowest BCUT2D eigenvalue weighted by Gasteiger charge is -2.29. The van der Waals surface area contributed by atoms with Gasteiger partial charge in [0.1, 0.15) is 13.2 Å². The largest absolute Gasteiger partial charge is 0.756 e. The molecule has 0 aliphatic heterocycles. The van der Waals surface area contributed by atoms with E-state index in [1.807, 2.05) is 27.2 Å². The van der Waals surface area contributed by atoms with Crippen molar-refractivity contribution in [3.8, 4) is 0 Å². The zero-order valence-corrected chi connectivity index (χ0v) is 43.9. The smallest absolute Gasteiger partial charge is 0.268 e. The normalized spacial score (nSPS) is 14.3. The summed E-state index contributed by atoms with van der Waals surface area (Å²) in [7, 11) is 1.25. The molecule has 8 nitrogen and oxygen atoms in total. The number of hydrogen-bond acceptors (Lipinski definition) is 6. The molecule has 1 amide bonds. The minimum absolute atomic E-state index is 0.00569. The van der Waals surface area contributed by atoms with Crippen LogP contribution in [0.4, 0.5) is 0 Å². The highest BCUT2D eigenvalue weighted by Crippen LogP contribution is 2.38. The third-order valence-corrected chi connectivity index (χ3v) is 13.3. The van der Waals surface area contributed by atoms with Gasteiger partial charge in [-0.15, -0.1) is 0 Å². The average molecular weight is 923 g/mol. The summed E-state index contributed by atoms with van der Waals surface area (Å²) in [6, 6.07) is -0.900. The summed E-state index contributed by atoms with van der Waals surface area (Å²) < 4.78 is 23.2. The Morgan fingerprint density at radius 2 is 0.875 bits per heavy atom. The van der Waals surface area contributed by atoms with E-state index in [1.165, 1.54) is 199 Å². The van der Waals surface area contributed by atoms with E-state index in [0.717, 1.165) is 38.5 Å². The first-order valence-corrected chi connectivity index (χ1v) is 28.8. The Balaban J connectivity index is 3.97. The molecule has 3 unspecified atom stereocenters. The van der Waals surface area contributed by atoms with Gasteiger partial charge in [-0.25, -0.2) is 0 Å². The maximum Gasteiger partial charge on any atom is 0.268 e. The highest BCUT2D eigenvalue weighted by atomic mass is 31.2. The van der Waals surface area contributed by atoms with E-state index in [9.17, 15) is 19.4 Å². The molecule has 3 atom stereocenters. The van der Waals surface area contributed by atoms with E-state index in [-0.39, 0.29) is 12.5 Å². The molecule has 9 heteroatoms. The fourth-order valence-corrected chi connectivity index (χ4v) is 8.71. The number of quaternary nitrogens is 1. The molecule has 0 aromatic rings. The van der Waals surface area contributed by atoms with E-state index in [1.54, 1.807) is 6.08 Å². The van der Waals surface area contributed by atoms with Crippen molar-refractivity contribution in [2.45, 2.75) is 270 Å². The van der Waals surface area contributed by atoms with Crippen LogP contribution in [0.25, 0.3) is 0 Å². The Morgan fingerprint density at radius 3 is 1.28 bits per heavy atom. The molecule has 0 aromatic heterocycles. The molecule has 0 aliphatic rings. The topological polar surface area (TPSA) is 108 Å². The number of hydrogen-bond donors (Lipinski definition) is 2.